The van der Waals surface area contributed by atoms with Crippen LogP contribution in [0.3, 0.4) is 0 Å². The van der Waals surface area contributed by atoms with E-state index in [4.69, 9.17) is 0 Å². The normalized spacial score (nSPS) is 13.0. The average Bonchev–Trinajstić information content (AvgIpc) is 2.04. The summed E-state index contributed by atoms with van der Waals surface area (Å²) in [4.78, 5) is 4.20. The molecule has 1 aromatic rings. The molecule has 0 aliphatic rings. The van der Waals surface area contributed by atoms with Crippen LogP contribution in [0.4, 0.5) is 0 Å². The van der Waals surface area contributed by atoms with E-state index in [1.54, 1.807) is 0 Å². The van der Waals surface area contributed by atoms with E-state index in [1.807, 2.05) is 18.5 Å². The van der Waals surface area contributed by atoms with Crippen LogP contribution in [0.1, 0.15) is 20.8 Å². The Labute approximate surface area is 82.2 Å². The molecule has 13 heavy (non-hydrogen) atoms. The highest BCUT2D eigenvalue weighted by atomic mass is 28.3. The first-order chi connectivity index (χ1) is 5.86. The molecular formula is C11H19NSi. The lowest BCUT2D eigenvalue weighted by atomic mass is 10.2. The molecule has 1 rings (SSSR count). The Kier molecular flexibility index (Phi) is 2.62. The highest BCUT2D eigenvalue weighted by Crippen LogP contribution is 2.35. The van der Waals surface area contributed by atoms with Gasteiger partial charge in [0.15, 0.2) is 0 Å². The molecule has 2 heteroatoms. The van der Waals surface area contributed by atoms with Gasteiger partial charge in [0, 0.05) is 12.4 Å². The minimum atomic E-state index is -1.34. The second-order valence-corrected chi connectivity index (χ2v) is 10.4. The van der Waals surface area contributed by atoms with Gasteiger partial charge in [0.1, 0.15) is 0 Å². The van der Waals surface area contributed by atoms with Crippen molar-refractivity contribution in [1.29, 1.82) is 0 Å². The quantitative estimate of drug-likeness (QED) is 0.625. The molecule has 0 aromatic carbocycles. The third-order valence-electron chi connectivity index (χ3n) is 3.26. The third kappa shape index (κ3) is 1.99. The average molecular weight is 193 g/mol. The van der Waals surface area contributed by atoms with Gasteiger partial charge in [-0.25, -0.2) is 0 Å². The first-order valence-corrected chi connectivity index (χ1v) is 7.76. The van der Waals surface area contributed by atoms with E-state index in [2.05, 4.69) is 44.9 Å². The van der Waals surface area contributed by atoms with Crippen molar-refractivity contribution >= 4 is 13.3 Å². The Hall–Kier alpha value is -0.633. The zero-order valence-corrected chi connectivity index (χ0v) is 10.3. The molecule has 0 spiro atoms. The molecule has 0 fully saturated rings. The van der Waals surface area contributed by atoms with Crippen LogP contribution in [0.15, 0.2) is 24.5 Å². The van der Waals surface area contributed by atoms with Gasteiger partial charge in [-0.3, -0.25) is 4.98 Å². The summed E-state index contributed by atoms with van der Waals surface area (Å²) in [6.45, 7) is 11.8. The molecule has 0 saturated heterocycles. The van der Waals surface area contributed by atoms with Crippen LogP contribution < -0.4 is 5.19 Å². The van der Waals surface area contributed by atoms with Gasteiger partial charge in [-0.05, 0) is 16.3 Å². The van der Waals surface area contributed by atoms with Gasteiger partial charge in [-0.2, -0.15) is 0 Å². The molecule has 1 aromatic heterocycles. The first-order valence-electron chi connectivity index (χ1n) is 4.76. The smallest absolute Gasteiger partial charge is 0.0879 e. The monoisotopic (exact) mass is 193 g/mol. The van der Waals surface area contributed by atoms with Crippen LogP contribution in [0, 0.1) is 0 Å². The fourth-order valence-corrected chi connectivity index (χ4v) is 2.94. The number of aromatic nitrogens is 1. The minimum Gasteiger partial charge on any atom is -0.265 e. The van der Waals surface area contributed by atoms with Crippen LogP contribution in [-0.2, 0) is 0 Å². The summed E-state index contributed by atoms with van der Waals surface area (Å²) in [5.74, 6) is 0. The molecule has 0 aliphatic heterocycles. The summed E-state index contributed by atoms with van der Waals surface area (Å²) in [5.41, 5.74) is 0. The predicted octanol–water partition coefficient (Wildman–Crippen LogP) is 2.80. The largest absolute Gasteiger partial charge is 0.265 e. The second kappa shape index (κ2) is 3.26. The molecule has 0 radical (unpaired) electrons. The molecule has 0 atom stereocenters. The molecule has 0 N–H and O–H groups in total. The minimum absolute atomic E-state index is 0.399. The Morgan fingerprint density at radius 1 is 1.23 bits per heavy atom. The van der Waals surface area contributed by atoms with Crippen LogP contribution in [-0.4, -0.2) is 13.1 Å². The maximum absolute atomic E-state index is 4.20. The topological polar surface area (TPSA) is 12.9 Å². The van der Waals surface area contributed by atoms with Crippen LogP contribution in [0.2, 0.25) is 18.1 Å². The van der Waals surface area contributed by atoms with Crippen LogP contribution in [0.5, 0.6) is 0 Å². The van der Waals surface area contributed by atoms with Crippen molar-refractivity contribution in [1.82, 2.24) is 4.98 Å². The Bertz CT molecular complexity index is 272. The predicted molar refractivity (Wildman–Crippen MR) is 61.1 cm³/mol. The lowest BCUT2D eigenvalue weighted by molar-refractivity contribution is 0.729. The molecular weight excluding hydrogens is 174 g/mol. The van der Waals surface area contributed by atoms with E-state index >= 15 is 0 Å². The molecule has 1 heterocycles. The van der Waals surface area contributed by atoms with Gasteiger partial charge in [-0.1, -0.05) is 39.9 Å². The van der Waals surface area contributed by atoms with Crippen molar-refractivity contribution in [2.24, 2.45) is 0 Å². The molecule has 72 valence electrons. The summed E-state index contributed by atoms with van der Waals surface area (Å²) >= 11 is 0. The molecule has 0 aliphatic carbocycles. The van der Waals surface area contributed by atoms with Crippen molar-refractivity contribution in [3.8, 4) is 0 Å². The fourth-order valence-electron chi connectivity index (χ4n) is 1.17. The molecule has 0 bridgehead atoms. The Morgan fingerprint density at radius 3 is 2.23 bits per heavy atom. The number of hydrogen-bond acceptors (Lipinski definition) is 1. The van der Waals surface area contributed by atoms with E-state index < -0.39 is 8.07 Å². The summed E-state index contributed by atoms with van der Waals surface area (Å²) in [5, 5.41) is 1.85. The van der Waals surface area contributed by atoms with E-state index in [1.165, 1.54) is 5.19 Å². The van der Waals surface area contributed by atoms with Crippen molar-refractivity contribution in [3.05, 3.63) is 24.5 Å². The van der Waals surface area contributed by atoms with Crippen molar-refractivity contribution < 1.29 is 0 Å². The highest BCUT2D eigenvalue weighted by Gasteiger charge is 2.36. The lowest BCUT2D eigenvalue weighted by Crippen LogP contribution is -2.49. The zero-order chi connectivity index (χ0) is 10.1. The van der Waals surface area contributed by atoms with Gasteiger partial charge in [0.25, 0.3) is 0 Å². The van der Waals surface area contributed by atoms with Crippen molar-refractivity contribution in [3.63, 3.8) is 0 Å². The standard InChI is InChI=1S/C11H19NSi/c1-11(2,3)13(4,5)10-7-6-8-12-9-10/h6-9H,1-5H3. The summed E-state index contributed by atoms with van der Waals surface area (Å²) in [6.07, 6.45) is 3.87. The van der Waals surface area contributed by atoms with Gasteiger partial charge in [0.05, 0.1) is 8.07 Å². The molecule has 0 amide bonds. The van der Waals surface area contributed by atoms with E-state index in [9.17, 15) is 0 Å². The summed E-state index contributed by atoms with van der Waals surface area (Å²) in [6, 6.07) is 4.25. The maximum atomic E-state index is 4.20. The van der Waals surface area contributed by atoms with Crippen LogP contribution in [0.25, 0.3) is 0 Å². The molecule has 0 saturated carbocycles. The SMILES string of the molecule is CC(C)(C)[Si](C)(C)c1cccnc1. The number of pyridine rings is 1. The third-order valence-corrected chi connectivity index (χ3v) is 8.75. The van der Waals surface area contributed by atoms with Gasteiger partial charge in [0.2, 0.25) is 0 Å². The van der Waals surface area contributed by atoms with E-state index in [0.717, 1.165) is 0 Å². The van der Waals surface area contributed by atoms with Crippen molar-refractivity contribution in [2.45, 2.75) is 38.9 Å². The Morgan fingerprint density at radius 2 is 1.85 bits per heavy atom. The molecule has 0 unspecified atom stereocenters. The van der Waals surface area contributed by atoms with E-state index in [0.29, 0.717) is 5.04 Å². The van der Waals surface area contributed by atoms with Gasteiger partial charge >= 0.3 is 0 Å². The Balaban J connectivity index is 3.08. The fraction of sp³-hybridized carbons (Fsp3) is 0.545. The lowest BCUT2D eigenvalue weighted by Gasteiger charge is -2.36. The number of hydrogen-bond donors (Lipinski definition) is 0. The zero-order valence-electron chi connectivity index (χ0n) is 9.26. The van der Waals surface area contributed by atoms with Gasteiger partial charge in [-0.15, -0.1) is 0 Å². The van der Waals surface area contributed by atoms with E-state index in [-0.39, 0.29) is 0 Å². The summed E-state index contributed by atoms with van der Waals surface area (Å²) < 4.78 is 0. The second-order valence-electron chi connectivity index (χ2n) is 5.12. The first kappa shape index (κ1) is 10.4. The number of nitrogens with zero attached hydrogens (tertiary/aromatic N) is 1. The van der Waals surface area contributed by atoms with Gasteiger partial charge < -0.3 is 0 Å². The summed E-state index contributed by atoms with van der Waals surface area (Å²) in [7, 11) is -1.34. The molecule has 1 nitrogen and oxygen atoms in total. The number of rotatable bonds is 1. The van der Waals surface area contributed by atoms with Crippen LogP contribution >= 0.6 is 0 Å². The van der Waals surface area contributed by atoms with Crippen molar-refractivity contribution in [2.75, 3.05) is 0 Å². The maximum Gasteiger partial charge on any atom is 0.0879 e. The highest BCUT2D eigenvalue weighted by molar-refractivity contribution is 6.92.